The molecule has 1 unspecified atom stereocenters. The quantitative estimate of drug-likeness (QED) is 0.944. The first-order chi connectivity index (χ1) is 10.4. The summed E-state index contributed by atoms with van der Waals surface area (Å²) >= 11 is 0. The number of sulfonamides is 1. The van der Waals surface area contributed by atoms with Gasteiger partial charge in [0, 0.05) is 24.2 Å². The van der Waals surface area contributed by atoms with Crippen molar-refractivity contribution in [1.82, 2.24) is 9.29 Å². The molecule has 1 saturated heterocycles. The van der Waals surface area contributed by atoms with Crippen LogP contribution in [-0.4, -0.2) is 35.4 Å². The third kappa shape index (κ3) is 2.36. The van der Waals surface area contributed by atoms with Crippen molar-refractivity contribution in [2.75, 3.05) is 6.54 Å². The molecule has 0 radical (unpaired) electrons. The molecule has 1 aliphatic heterocycles. The number of fused-ring (bicyclic) bond motifs is 1. The predicted octanol–water partition coefficient (Wildman–Crippen LogP) is 2.75. The Labute approximate surface area is 130 Å². The van der Waals surface area contributed by atoms with Crippen LogP contribution in [0.15, 0.2) is 35.4 Å². The molecule has 0 bridgehead atoms. The number of rotatable bonds is 3. The predicted molar refractivity (Wildman–Crippen MR) is 85.2 cm³/mol. The molecule has 1 atom stereocenters. The van der Waals surface area contributed by atoms with Crippen LogP contribution in [0.1, 0.15) is 26.7 Å². The highest BCUT2D eigenvalue weighted by molar-refractivity contribution is 7.89. The molecular formula is C16H20N2O3S. The van der Waals surface area contributed by atoms with E-state index in [9.17, 15) is 13.5 Å². The molecule has 1 aromatic carbocycles. The summed E-state index contributed by atoms with van der Waals surface area (Å²) in [7, 11) is -3.59. The zero-order chi connectivity index (χ0) is 15.9. The van der Waals surface area contributed by atoms with Crippen molar-refractivity contribution in [3.63, 3.8) is 0 Å². The third-order valence-electron chi connectivity index (χ3n) is 4.31. The minimum absolute atomic E-state index is 0.00335. The summed E-state index contributed by atoms with van der Waals surface area (Å²) in [6.45, 7) is 4.65. The molecule has 6 heteroatoms. The standard InChI is InChI=1S/C16H20N2O3S/c1-11(2)13-6-4-10-18(13)22(20,21)15-8-7-14(19)16-12(15)5-3-9-17-16/h3,5,7-9,11,13,19H,4,6,10H2,1-2H3. The summed E-state index contributed by atoms with van der Waals surface area (Å²) in [6.07, 6.45) is 3.33. The smallest absolute Gasteiger partial charge is 0.244 e. The van der Waals surface area contributed by atoms with E-state index in [4.69, 9.17) is 0 Å². The summed E-state index contributed by atoms with van der Waals surface area (Å²) in [5.41, 5.74) is 0.323. The summed E-state index contributed by atoms with van der Waals surface area (Å²) in [5.74, 6) is 0.273. The van der Waals surface area contributed by atoms with Gasteiger partial charge >= 0.3 is 0 Å². The number of hydrogen-bond donors (Lipinski definition) is 1. The summed E-state index contributed by atoms with van der Waals surface area (Å²) in [4.78, 5) is 4.33. The lowest BCUT2D eigenvalue weighted by Gasteiger charge is -2.27. The first-order valence-corrected chi connectivity index (χ1v) is 8.95. The molecule has 22 heavy (non-hydrogen) atoms. The van der Waals surface area contributed by atoms with E-state index in [0.717, 1.165) is 12.8 Å². The molecule has 1 aromatic heterocycles. The van der Waals surface area contributed by atoms with E-state index in [1.807, 2.05) is 0 Å². The lowest BCUT2D eigenvalue weighted by Crippen LogP contribution is -2.38. The van der Waals surface area contributed by atoms with Crippen LogP contribution in [-0.2, 0) is 10.0 Å². The average Bonchev–Trinajstić information content (AvgIpc) is 2.98. The fourth-order valence-electron chi connectivity index (χ4n) is 3.21. The maximum atomic E-state index is 13.1. The van der Waals surface area contributed by atoms with Gasteiger partial charge in [-0.15, -0.1) is 0 Å². The van der Waals surface area contributed by atoms with Crippen LogP contribution >= 0.6 is 0 Å². The van der Waals surface area contributed by atoms with Crippen molar-refractivity contribution in [2.24, 2.45) is 5.92 Å². The second kappa shape index (κ2) is 5.52. The van der Waals surface area contributed by atoms with E-state index < -0.39 is 10.0 Å². The number of phenolic OH excluding ortho intramolecular Hbond substituents is 1. The molecule has 0 amide bonds. The van der Waals surface area contributed by atoms with Gasteiger partial charge in [0.15, 0.2) is 0 Å². The highest BCUT2D eigenvalue weighted by Gasteiger charge is 2.37. The second-order valence-electron chi connectivity index (χ2n) is 6.05. The van der Waals surface area contributed by atoms with Gasteiger partial charge in [-0.05, 0) is 43.0 Å². The van der Waals surface area contributed by atoms with E-state index in [-0.39, 0.29) is 22.6 Å². The number of benzene rings is 1. The van der Waals surface area contributed by atoms with Crippen molar-refractivity contribution in [2.45, 2.75) is 37.6 Å². The van der Waals surface area contributed by atoms with E-state index in [0.29, 0.717) is 17.4 Å². The lowest BCUT2D eigenvalue weighted by molar-refractivity contribution is 0.316. The Kier molecular flexibility index (Phi) is 3.82. The number of pyridine rings is 1. The van der Waals surface area contributed by atoms with E-state index in [1.165, 1.54) is 12.1 Å². The molecule has 1 aliphatic rings. The van der Waals surface area contributed by atoms with Gasteiger partial charge in [-0.1, -0.05) is 13.8 Å². The lowest BCUT2D eigenvalue weighted by atomic mass is 10.0. The highest BCUT2D eigenvalue weighted by Crippen LogP contribution is 2.34. The maximum Gasteiger partial charge on any atom is 0.244 e. The van der Waals surface area contributed by atoms with Crippen LogP contribution in [0, 0.1) is 5.92 Å². The van der Waals surface area contributed by atoms with Crippen LogP contribution in [0.2, 0.25) is 0 Å². The highest BCUT2D eigenvalue weighted by atomic mass is 32.2. The first kappa shape index (κ1) is 15.2. The molecule has 3 rings (SSSR count). The molecule has 0 spiro atoms. The van der Waals surface area contributed by atoms with Gasteiger partial charge < -0.3 is 5.11 Å². The zero-order valence-electron chi connectivity index (χ0n) is 12.7. The van der Waals surface area contributed by atoms with Gasteiger partial charge in [0.1, 0.15) is 11.3 Å². The van der Waals surface area contributed by atoms with Gasteiger partial charge in [-0.3, -0.25) is 4.98 Å². The first-order valence-electron chi connectivity index (χ1n) is 7.51. The monoisotopic (exact) mass is 320 g/mol. The molecule has 1 fully saturated rings. The maximum absolute atomic E-state index is 13.1. The normalized spacial score (nSPS) is 20.0. The van der Waals surface area contributed by atoms with Crippen LogP contribution in [0.5, 0.6) is 5.75 Å². The summed E-state index contributed by atoms with van der Waals surface area (Å²) < 4.78 is 27.8. The van der Waals surface area contributed by atoms with Crippen molar-refractivity contribution >= 4 is 20.9 Å². The molecule has 0 aliphatic carbocycles. The number of nitrogens with zero attached hydrogens (tertiary/aromatic N) is 2. The van der Waals surface area contributed by atoms with Crippen LogP contribution in [0.4, 0.5) is 0 Å². The van der Waals surface area contributed by atoms with Crippen LogP contribution in [0.3, 0.4) is 0 Å². The van der Waals surface area contributed by atoms with Gasteiger partial charge in [0.25, 0.3) is 0 Å². The Bertz CT molecular complexity index is 802. The van der Waals surface area contributed by atoms with Crippen molar-refractivity contribution in [3.8, 4) is 5.75 Å². The Morgan fingerprint density at radius 2 is 2.09 bits per heavy atom. The van der Waals surface area contributed by atoms with Crippen molar-refractivity contribution in [1.29, 1.82) is 0 Å². The molecule has 118 valence electrons. The fraction of sp³-hybridized carbons (Fsp3) is 0.438. The minimum atomic E-state index is -3.59. The minimum Gasteiger partial charge on any atom is -0.506 e. The number of aromatic nitrogens is 1. The van der Waals surface area contributed by atoms with Gasteiger partial charge in [0.2, 0.25) is 10.0 Å². The largest absolute Gasteiger partial charge is 0.506 e. The third-order valence-corrected chi connectivity index (χ3v) is 6.30. The molecule has 1 N–H and O–H groups in total. The number of phenols is 1. The molecule has 0 saturated carbocycles. The van der Waals surface area contributed by atoms with Gasteiger partial charge in [-0.2, -0.15) is 4.31 Å². The van der Waals surface area contributed by atoms with E-state index >= 15 is 0 Å². The van der Waals surface area contributed by atoms with Crippen molar-refractivity contribution < 1.29 is 13.5 Å². The fourth-order valence-corrected chi connectivity index (χ4v) is 5.22. The zero-order valence-corrected chi connectivity index (χ0v) is 13.5. The Hall–Kier alpha value is -1.66. The van der Waals surface area contributed by atoms with Crippen LogP contribution in [0.25, 0.3) is 10.9 Å². The Balaban J connectivity index is 2.16. The molecule has 2 heterocycles. The number of aromatic hydroxyl groups is 1. The second-order valence-corrected chi connectivity index (χ2v) is 7.91. The Morgan fingerprint density at radius 1 is 1.32 bits per heavy atom. The summed E-state index contributed by atoms with van der Waals surface area (Å²) in [5, 5.41) is 10.4. The number of hydrogen-bond acceptors (Lipinski definition) is 4. The molecular weight excluding hydrogens is 300 g/mol. The SMILES string of the molecule is CC(C)C1CCCN1S(=O)(=O)c1ccc(O)c2ncccc12. The molecule has 5 nitrogen and oxygen atoms in total. The van der Waals surface area contributed by atoms with Gasteiger partial charge in [0.05, 0.1) is 4.90 Å². The van der Waals surface area contributed by atoms with E-state index in [1.54, 1.807) is 22.6 Å². The average molecular weight is 320 g/mol. The molecule has 2 aromatic rings. The Morgan fingerprint density at radius 3 is 2.82 bits per heavy atom. The topological polar surface area (TPSA) is 70.5 Å². The summed E-state index contributed by atoms with van der Waals surface area (Å²) in [6, 6.07) is 6.29. The van der Waals surface area contributed by atoms with Crippen LogP contribution < -0.4 is 0 Å². The van der Waals surface area contributed by atoms with Crippen molar-refractivity contribution in [3.05, 3.63) is 30.5 Å². The van der Waals surface area contributed by atoms with Gasteiger partial charge in [-0.25, -0.2) is 8.42 Å². The van der Waals surface area contributed by atoms with E-state index in [2.05, 4.69) is 18.8 Å².